The molecular formula is C20H20N4O2. The molecule has 26 heavy (non-hydrogen) atoms. The quantitative estimate of drug-likeness (QED) is 0.691. The Balaban J connectivity index is 1.53. The summed E-state index contributed by atoms with van der Waals surface area (Å²) in [5, 5.41) is 5.40. The van der Waals surface area contributed by atoms with Crippen molar-refractivity contribution in [3.63, 3.8) is 0 Å². The Labute approximate surface area is 151 Å². The maximum absolute atomic E-state index is 5.75. The summed E-state index contributed by atoms with van der Waals surface area (Å²) < 4.78 is 11.1. The Morgan fingerprint density at radius 2 is 2.04 bits per heavy atom. The third-order valence-corrected chi connectivity index (χ3v) is 4.18. The number of hydrogen-bond donors (Lipinski definition) is 1. The van der Waals surface area contributed by atoms with E-state index in [-0.39, 0.29) is 0 Å². The number of rotatable bonds is 6. The minimum atomic E-state index is 0.485. The first-order valence-electron chi connectivity index (χ1n) is 8.70. The SMILES string of the molecule is CCOCCOc1nccc2cc(NC3=NCc4cccnc43)ccc12. The van der Waals surface area contributed by atoms with Crippen molar-refractivity contribution in [2.45, 2.75) is 13.5 Å². The highest BCUT2D eigenvalue weighted by atomic mass is 16.5. The van der Waals surface area contributed by atoms with E-state index in [4.69, 9.17) is 9.47 Å². The maximum atomic E-state index is 5.75. The number of hydrogen-bond acceptors (Lipinski definition) is 6. The van der Waals surface area contributed by atoms with Gasteiger partial charge in [0.2, 0.25) is 5.88 Å². The molecule has 1 aliphatic heterocycles. The molecule has 0 aliphatic carbocycles. The number of amidine groups is 1. The standard InChI is InChI=1S/C20H20N4O2/c1-2-25-10-11-26-20-17-6-5-16(12-14(17)7-9-22-20)24-19-18-15(13-23-19)4-3-8-21-18/h3-9,12H,2,10-11,13H2,1H3,(H,23,24). The van der Waals surface area contributed by atoms with Gasteiger partial charge in [-0.15, -0.1) is 0 Å². The van der Waals surface area contributed by atoms with Crippen LogP contribution in [0.5, 0.6) is 5.88 Å². The summed E-state index contributed by atoms with van der Waals surface area (Å²) in [7, 11) is 0. The predicted molar refractivity (Wildman–Crippen MR) is 102 cm³/mol. The van der Waals surface area contributed by atoms with Crippen LogP contribution in [0.25, 0.3) is 10.8 Å². The van der Waals surface area contributed by atoms with Gasteiger partial charge in [-0.2, -0.15) is 0 Å². The number of aromatic nitrogens is 2. The molecule has 132 valence electrons. The van der Waals surface area contributed by atoms with Crippen molar-refractivity contribution < 1.29 is 9.47 Å². The minimum Gasteiger partial charge on any atom is -0.475 e. The topological polar surface area (TPSA) is 68.6 Å². The largest absolute Gasteiger partial charge is 0.475 e. The van der Waals surface area contributed by atoms with Crippen LogP contribution in [0.1, 0.15) is 18.2 Å². The van der Waals surface area contributed by atoms with Crippen LogP contribution in [0.4, 0.5) is 5.69 Å². The highest BCUT2D eigenvalue weighted by Gasteiger charge is 2.17. The van der Waals surface area contributed by atoms with Crippen molar-refractivity contribution in [1.82, 2.24) is 9.97 Å². The van der Waals surface area contributed by atoms with E-state index in [9.17, 15) is 0 Å². The van der Waals surface area contributed by atoms with Crippen LogP contribution < -0.4 is 10.1 Å². The van der Waals surface area contributed by atoms with Gasteiger partial charge >= 0.3 is 0 Å². The lowest BCUT2D eigenvalue weighted by Crippen LogP contribution is -2.13. The van der Waals surface area contributed by atoms with Crippen molar-refractivity contribution in [3.8, 4) is 5.88 Å². The molecule has 6 nitrogen and oxygen atoms in total. The number of ether oxygens (including phenoxy) is 2. The summed E-state index contributed by atoms with van der Waals surface area (Å²) in [6.45, 7) is 4.36. The second-order valence-corrected chi connectivity index (χ2v) is 5.90. The second kappa shape index (κ2) is 7.49. The normalized spacial score (nSPS) is 12.7. The molecule has 1 N–H and O–H groups in total. The molecule has 6 heteroatoms. The molecule has 0 spiro atoms. The first-order valence-corrected chi connectivity index (χ1v) is 8.70. The molecule has 0 saturated heterocycles. The van der Waals surface area contributed by atoms with Crippen LogP contribution in [-0.4, -0.2) is 35.6 Å². The maximum Gasteiger partial charge on any atom is 0.221 e. The van der Waals surface area contributed by atoms with Gasteiger partial charge in [-0.1, -0.05) is 6.07 Å². The Morgan fingerprint density at radius 1 is 1.08 bits per heavy atom. The van der Waals surface area contributed by atoms with E-state index >= 15 is 0 Å². The average molecular weight is 348 g/mol. The zero-order valence-corrected chi connectivity index (χ0v) is 14.6. The smallest absolute Gasteiger partial charge is 0.221 e. The van der Waals surface area contributed by atoms with Crippen LogP contribution in [0, 0.1) is 0 Å². The van der Waals surface area contributed by atoms with Gasteiger partial charge in [0.15, 0.2) is 5.84 Å². The number of fused-ring (bicyclic) bond motifs is 2. The van der Waals surface area contributed by atoms with Gasteiger partial charge in [-0.05, 0) is 42.6 Å². The fraction of sp³-hybridized carbons (Fsp3) is 0.250. The van der Waals surface area contributed by atoms with Gasteiger partial charge in [0.05, 0.1) is 13.2 Å². The van der Waals surface area contributed by atoms with Crippen molar-refractivity contribution in [2.75, 3.05) is 25.1 Å². The molecular weight excluding hydrogens is 328 g/mol. The van der Waals surface area contributed by atoms with Gasteiger partial charge in [-0.25, -0.2) is 4.98 Å². The number of nitrogens with one attached hydrogen (secondary N) is 1. The average Bonchev–Trinajstić information content (AvgIpc) is 3.08. The fourth-order valence-corrected chi connectivity index (χ4v) is 2.94. The molecule has 0 radical (unpaired) electrons. The second-order valence-electron chi connectivity index (χ2n) is 5.90. The van der Waals surface area contributed by atoms with E-state index < -0.39 is 0 Å². The van der Waals surface area contributed by atoms with Crippen molar-refractivity contribution in [1.29, 1.82) is 0 Å². The van der Waals surface area contributed by atoms with E-state index in [1.165, 1.54) is 0 Å². The van der Waals surface area contributed by atoms with E-state index in [1.807, 2.05) is 31.2 Å². The Hall–Kier alpha value is -2.99. The molecule has 0 fully saturated rings. The predicted octanol–water partition coefficient (Wildman–Crippen LogP) is 3.42. The number of aliphatic imine (C=N–C) groups is 1. The number of benzene rings is 1. The third-order valence-electron chi connectivity index (χ3n) is 4.18. The highest BCUT2D eigenvalue weighted by molar-refractivity contribution is 6.10. The van der Waals surface area contributed by atoms with Gasteiger partial charge in [0.25, 0.3) is 0 Å². The van der Waals surface area contributed by atoms with Gasteiger partial charge in [0, 0.05) is 35.6 Å². The highest BCUT2D eigenvalue weighted by Crippen LogP contribution is 2.27. The zero-order chi connectivity index (χ0) is 17.8. The lowest BCUT2D eigenvalue weighted by Gasteiger charge is -2.11. The summed E-state index contributed by atoms with van der Waals surface area (Å²) in [6.07, 6.45) is 3.55. The zero-order valence-electron chi connectivity index (χ0n) is 14.6. The number of pyridine rings is 2. The third kappa shape index (κ3) is 3.36. The Kier molecular flexibility index (Phi) is 4.75. The molecule has 3 aromatic rings. The molecule has 0 amide bonds. The minimum absolute atomic E-state index is 0.485. The summed E-state index contributed by atoms with van der Waals surface area (Å²) >= 11 is 0. The van der Waals surface area contributed by atoms with E-state index in [0.29, 0.717) is 32.2 Å². The fourth-order valence-electron chi connectivity index (χ4n) is 2.94. The number of anilines is 1. The van der Waals surface area contributed by atoms with Crippen molar-refractivity contribution >= 4 is 22.3 Å². The van der Waals surface area contributed by atoms with Crippen LogP contribution in [-0.2, 0) is 11.3 Å². The van der Waals surface area contributed by atoms with Crippen LogP contribution in [0.15, 0.2) is 53.8 Å². The monoisotopic (exact) mass is 348 g/mol. The van der Waals surface area contributed by atoms with Gasteiger partial charge in [-0.3, -0.25) is 9.98 Å². The Bertz CT molecular complexity index is 955. The molecule has 4 rings (SSSR count). The molecule has 1 aliphatic rings. The first kappa shape index (κ1) is 16.5. The molecule has 0 saturated carbocycles. The Morgan fingerprint density at radius 3 is 2.96 bits per heavy atom. The van der Waals surface area contributed by atoms with Crippen LogP contribution in [0.2, 0.25) is 0 Å². The van der Waals surface area contributed by atoms with Gasteiger partial charge < -0.3 is 14.8 Å². The van der Waals surface area contributed by atoms with Crippen LogP contribution >= 0.6 is 0 Å². The molecule has 0 bridgehead atoms. The van der Waals surface area contributed by atoms with Crippen LogP contribution in [0.3, 0.4) is 0 Å². The number of nitrogens with zero attached hydrogens (tertiary/aromatic N) is 3. The lowest BCUT2D eigenvalue weighted by atomic mass is 10.1. The summed E-state index contributed by atoms with van der Waals surface area (Å²) in [5.41, 5.74) is 3.02. The van der Waals surface area contributed by atoms with Crippen molar-refractivity contribution in [3.05, 3.63) is 60.0 Å². The molecule has 3 heterocycles. The summed E-state index contributed by atoms with van der Waals surface area (Å²) in [5.74, 6) is 1.43. The van der Waals surface area contributed by atoms with E-state index in [1.54, 1.807) is 12.4 Å². The summed E-state index contributed by atoms with van der Waals surface area (Å²) in [4.78, 5) is 13.3. The molecule has 1 aromatic carbocycles. The van der Waals surface area contributed by atoms with E-state index in [2.05, 4.69) is 32.4 Å². The van der Waals surface area contributed by atoms with Gasteiger partial charge in [0.1, 0.15) is 12.3 Å². The molecule has 0 unspecified atom stereocenters. The van der Waals surface area contributed by atoms with Crippen molar-refractivity contribution in [2.24, 2.45) is 4.99 Å². The summed E-state index contributed by atoms with van der Waals surface area (Å²) in [6, 6.07) is 12.0. The molecule has 2 aromatic heterocycles. The van der Waals surface area contributed by atoms with E-state index in [0.717, 1.165) is 33.6 Å². The lowest BCUT2D eigenvalue weighted by molar-refractivity contribution is 0.109. The molecule has 0 atom stereocenters. The first-order chi connectivity index (χ1) is 12.8.